The number of hydrazine groups is 1. The van der Waals surface area contributed by atoms with Crippen LogP contribution in [-0.2, 0) is 11.8 Å². The van der Waals surface area contributed by atoms with Crippen molar-refractivity contribution in [3.63, 3.8) is 0 Å². The molecule has 35 heavy (non-hydrogen) atoms. The Labute approximate surface area is 201 Å². The van der Waals surface area contributed by atoms with Crippen molar-refractivity contribution in [2.75, 3.05) is 24.8 Å². The Morgan fingerprint density at radius 2 is 2.11 bits per heavy atom. The van der Waals surface area contributed by atoms with Gasteiger partial charge in [0.1, 0.15) is 5.82 Å². The number of tetrazole rings is 1. The quantitative estimate of drug-likeness (QED) is 0.381. The van der Waals surface area contributed by atoms with Gasteiger partial charge in [0, 0.05) is 25.7 Å². The minimum Gasteiger partial charge on any atom is -0.494 e. The number of methoxy groups -OCH3 is 1. The largest absolute Gasteiger partial charge is 0.494 e. The second-order valence-corrected chi connectivity index (χ2v) is 8.38. The SMILES string of the molecule is [C-]#[N+]c1ccnc(NC2CC(Nc3cccc(-c4nnn(C)n4)c3OC)C3C(=O)N(C)NC3N2)c1. The van der Waals surface area contributed by atoms with Gasteiger partial charge in [-0.25, -0.2) is 15.3 Å². The summed E-state index contributed by atoms with van der Waals surface area (Å²) >= 11 is 0. The molecule has 4 atom stereocenters. The number of para-hydroxylation sites is 1. The third-order valence-corrected chi connectivity index (χ3v) is 6.12. The molecule has 0 aliphatic carbocycles. The van der Waals surface area contributed by atoms with Gasteiger partial charge in [-0.2, -0.15) is 4.80 Å². The number of ether oxygens (including phenoxy) is 1. The Kier molecular flexibility index (Phi) is 5.89. The lowest BCUT2D eigenvalue weighted by atomic mass is 9.88. The van der Waals surface area contributed by atoms with Crippen molar-refractivity contribution in [2.24, 2.45) is 13.0 Å². The van der Waals surface area contributed by atoms with Gasteiger partial charge in [-0.15, -0.1) is 10.2 Å². The molecule has 180 valence electrons. The number of rotatable bonds is 6. The van der Waals surface area contributed by atoms with E-state index >= 15 is 0 Å². The van der Waals surface area contributed by atoms with Crippen molar-refractivity contribution in [1.29, 1.82) is 0 Å². The predicted molar refractivity (Wildman–Crippen MR) is 127 cm³/mol. The van der Waals surface area contributed by atoms with E-state index in [1.807, 2.05) is 18.2 Å². The minimum absolute atomic E-state index is 0.0164. The fraction of sp³-hybridized carbons (Fsp3) is 0.364. The molecule has 2 aliphatic heterocycles. The van der Waals surface area contributed by atoms with E-state index in [4.69, 9.17) is 11.3 Å². The number of hydrogen-bond acceptors (Lipinski definition) is 10. The zero-order valence-electron chi connectivity index (χ0n) is 19.4. The van der Waals surface area contributed by atoms with E-state index in [2.05, 4.69) is 46.6 Å². The maximum atomic E-state index is 13.0. The molecule has 1 amide bonds. The van der Waals surface area contributed by atoms with Gasteiger partial charge in [0.05, 0.1) is 50.2 Å². The molecule has 0 bridgehead atoms. The number of carbonyl (C=O) groups is 1. The highest BCUT2D eigenvalue weighted by atomic mass is 16.5. The number of hydrogen-bond donors (Lipinski definition) is 4. The standard InChI is InChI=1S/C22H25N11O2/c1-23-12-8-9-24-16(10-12)26-17-11-15(18-21(27-17)29-32(2)22(18)34)25-14-7-5-6-13(19(14)35-4)20-28-31-33(3)30-20/h5-10,15,17-18,21,25,27,29H,11H2,2-4H3,(H,24,26). The number of carbonyl (C=O) groups excluding carboxylic acids is 1. The number of piperidine rings is 1. The zero-order valence-corrected chi connectivity index (χ0v) is 19.4. The fourth-order valence-electron chi connectivity index (χ4n) is 4.58. The molecule has 5 rings (SSSR count). The van der Waals surface area contributed by atoms with Gasteiger partial charge in [-0.3, -0.25) is 15.1 Å². The van der Waals surface area contributed by atoms with Crippen LogP contribution >= 0.6 is 0 Å². The second-order valence-electron chi connectivity index (χ2n) is 8.38. The Morgan fingerprint density at radius 3 is 2.86 bits per heavy atom. The molecular formula is C22H25N11O2. The maximum Gasteiger partial charge on any atom is 0.244 e. The van der Waals surface area contributed by atoms with Gasteiger partial charge in [-0.1, -0.05) is 6.07 Å². The van der Waals surface area contributed by atoms with E-state index in [-0.39, 0.29) is 30.2 Å². The molecule has 13 heteroatoms. The van der Waals surface area contributed by atoms with Gasteiger partial charge in [0.2, 0.25) is 11.7 Å². The average molecular weight is 476 g/mol. The number of anilines is 2. The van der Waals surface area contributed by atoms with E-state index < -0.39 is 0 Å². The number of pyridine rings is 1. The van der Waals surface area contributed by atoms with Crippen LogP contribution in [0.25, 0.3) is 16.2 Å². The summed E-state index contributed by atoms with van der Waals surface area (Å²) in [4.78, 5) is 22.2. The van der Waals surface area contributed by atoms with Gasteiger partial charge in [0.15, 0.2) is 11.4 Å². The lowest BCUT2D eigenvalue weighted by Gasteiger charge is -2.39. The molecule has 2 fully saturated rings. The molecule has 2 saturated heterocycles. The summed E-state index contributed by atoms with van der Waals surface area (Å²) in [5.74, 6) is 1.22. The number of nitrogens with zero attached hydrogens (tertiary/aromatic N) is 7. The molecule has 13 nitrogen and oxygen atoms in total. The number of aryl methyl sites for hydroxylation is 1. The van der Waals surface area contributed by atoms with Crippen LogP contribution in [0.2, 0.25) is 0 Å². The highest BCUT2D eigenvalue weighted by molar-refractivity contribution is 5.83. The van der Waals surface area contributed by atoms with Crippen LogP contribution in [0, 0.1) is 12.5 Å². The topological polar surface area (TPSA) is 139 Å². The maximum absolute atomic E-state index is 13.0. The lowest BCUT2D eigenvalue weighted by Crippen LogP contribution is -2.60. The van der Waals surface area contributed by atoms with E-state index in [1.165, 1.54) is 9.81 Å². The highest BCUT2D eigenvalue weighted by Crippen LogP contribution is 2.37. The number of nitrogens with one attached hydrogen (secondary N) is 4. The summed E-state index contributed by atoms with van der Waals surface area (Å²) in [5, 5.41) is 24.1. The van der Waals surface area contributed by atoms with Crippen molar-refractivity contribution in [2.45, 2.75) is 24.8 Å². The fourth-order valence-corrected chi connectivity index (χ4v) is 4.58. The summed E-state index contributed by atoms with van der Waals surface area (Å²) in [5.41, 5.74) is 5.10. The molecule has 2 aliphatic rings. The van der Waals surface area contributed by atoms with Crippen molar-refractivity contribution >= 4 is 23.1 Å². The number of benzene rings is 1. The molecule has 0 spiro atoms. The molecule has 2 aromatic heterocycles. The third-order valence-electron chi connectivity index (χ3n) is 6.12. The molecule has 0 radical (unpaired) electrons. The van der Waals surface area contributed by atoms with Crippen LogP contribution in [-0.4, -0.2) is 68.6 Å². The Morgan fingerprint density at radius 1 is 1.26 bits per heavy atom. The molecule has 3 aromatic rings. The highest BCUT2D eigenvalue weighted by Gasteiger charge is 2.48. The predicted octanol–water partition coefficient (Wildman–Crippen LogP) is 0.962. The molecular weight excluding hydrogens is 450 g/mol. The molecule has 0 saturated carbocycles. The normalized spacial score (nSPS) is 23.5. The summed E-state index contributed by atoms with van der Waals surface area (Å²) in [6.45, 7) is 7.24. The monoisotopic (exact) mass is 475 g/mol. The number of amides is 1. The summed E-state index contributed by atoms with van der Waals surface area (Å²) < 4.78 is 5.73. The van der Waals surface area contributed by atoms with E-state index in [0.29, 0.717) is 35.1 Å². The van der Waals surface area contributed by atoms with Gasteiger partial charge >= 0.3 is 0 Å². The van der Waals surface area contributed by atoms with Crippen molar-refractivity contribution in [3.05, 3.63) is 47.9 Å². The third kappa shape index (κ3) is 4.32. The second kappa shape index (κ2) is 9.16. The van der Waals surface area contributed by atoms with Crippen LogP contribution in [0.5, 0.6) is 5.75 Å². The van der Waals surface area contributed by atoms with E-state index in [9.17, 15) is 4.79 Å². The van der Waals surface area contributed by atoms with Crippen molar-refractivity contribution in [3.8, 4) is 17.1 Å². The van der Waals surface area contributed by atoms with Crippen LogP contribution in [0.3, 0.4) is 0 Å². The Hall–Kier alpha value is -4.28. The lowest BCUT2D eigenvalue weighted by molar-refractivity contribution is -0.131. The smallest absolute Gasteiger partial charge is 0.244 e. The first-order valence-electron chi connectivity index (χ1n) is 11.0. The van der Waals surface area contributed by atoms with Crippen LogP contribution < -0.4 is 26.1 Å². The van der Waals surface area contributed by atoms with Gasteiger partial charge in [0.25, 0.3) is 0 Å². The van der Waals surface area contributed by atoms with Crippen molar-refractivity contribution < 1.29 is 9.53 Å². The summed E-state index contributed by atoms with van der Waals surface area (Å²) in [6, 6.07) is 8.75. The first kappa shape index (κ1) is 22.5. The summed E-state index contributed by atoms with van der Waals surface area (Å²) in [6.07, 6.45) is 1.64. The molecule has 4 unspecified atom stereocenters. The number of aromatic nitrogens is 5. The number of fused-ring (bicyclic) bond motifs is 1. The van der Waals surface area contributed by atoms with Crippen molar-refractivity contribution in [1.82, 2.24) is 40.9 Å². The minimum atomic E-state index is -0.358. The van der Waals surface area contributed by atoms with E-state index in [0.717, 1.165) is 5.69 Å². The average Bonchev–Trinajstić information content (AvgIpc) is 3.41. The first-order chi connectivity index (χ1) is 17.0. The van der Waals surface area contributed by atoms with Crippen LogP contribution in [0.1, 0.15) is 6.42 Å². The van der Waals surface area contributed by atoms with Gasteiger partial charge < -0.3 is 15.4 Å². The molecule has 4 heterocycles. The van der Waals surface area contributed by atoms with Gasteiger partial charge in [-0.05, 0) is 29.5 Å². The summed E-state index contributed by atoms with van der Waals surface area (Å²) in [7, 11) is 5.00. The van der Waals surface area contributed by atoms with Crippen LogP contribution in [0.15, 0.2) is 36.5 Å². The zero-order chi connectivity index (χ0) is 24.5. The molecule has 4 N–H and O–H groups in total. The first-order valence-corrected chi connectivity index (χ1v) is 11.0. The molecule has 1 aromatic carbocycles. The Balaban J connectivity index is 1.44. The van der Waals surface area contributed by atoms with Crippen LogP contribution in [0.4, 0.5) is 17.2 Å². The van der Waals surface area contributed by atoms with E-state index in [1.54, 1.807) is 39.5 Å². The Bertz CT molecular complexity index is 1290.